The molecule has 0 aromatic heterocycles. The maximum absolute atomic E-state index is 5.76. The van der Waals surface area contributed by atoms with E-state index in [1.54, 1.807) is 0 Å². The van der Waals surface area contributed by atoms with Crippen molar-refractivity contribution in [2.24, 2.45) is 5.41 Å². The van der Waals surface area contributed by atoms with Gasteiger partial charge in [0.25, 0.3) is 0 Å². The minimum atomic E-state index is 0.132. The van der Waals surface area contributed by atoms with Gasteiger partial charge in [-0.1, -0.05) is 37.6 Å². The second kappa shape index (κ2) is 3.16. The van der Waals surface area contributed by atoms with E-state index in [0.29, 0.717) is 0 Å². The molecule has 1 nitrogen and oxygen atoms in total. The van der Waals surface area contributed by atoms with Crippen LogP contribution in [0.5, 0.6) is 5.75 Å². The summed E-state index contributed by atoms with van der Waals surface area (Å²) in [4.78, 5) is 0. The normalized spacial score (nSPS) is 18.2. The molecular formula is C13H16O. The number of hydrogen-bond donors (Lipinski definition) is 0. The van der Waals surface area contributed by atoms with Crippen LogP contribution < -0.4 is 4.74 Å². The van der Waals surface area contributed by atoms with E-state index >= 15 is 0 Å². The number of ether oxygens (including phenoxy) is 1. The lowest BCUT2D eigenvalue weighted by Crippen LogP contribution is -2.17. The van der Waals surface area contributed by atoms with E-state index in [1.807, 2.05) is 0 Å². The van der Waals surface area contributed by atoms with E-state index < -0.39 is 0 Å². The second-order valence-corrected chi connectivity index (χ2v) is 4.65. The largest absolute Gasteiger partial charge is 0.492 e. The standard InChI is InChI=1S/C13H16O/c1-10-4-5-12-11(8-10)6-7-13(2,3)9-14-12/h4-8H,9H2,1-3H3. The van der Waals surface area contributed by atoms with E-state index in [0.717, 1.165) is 12.4 Å². The van der Waals surface area contributed by atoms with Gasteiger partial charge in [0.2, 0.25) is 0 Å². The molecule has 1 aliphatic rings. The molecule has 0 N–H and O–H groups in total. The van der Waals surface area contributed by atoms with Crippen molar-refractivity contribution in [2.45, 2.75) is 20.8 Å². The molecule has 1 heterocycles. The average molecular weight is 188 g/mol. The molecule has 0 saturated heterocycles. The quantitative estimate of drug-likeness (QED) is 0.606. The van der Waals surface area contributed by atoms with Gasteiger partial charge in [0.15, 0.2) is 0 Å². The third kappa shape index (κ3) is 1.82. The summed E-state index contributed by atoms with van der Waals surface area (Å²) >= 11 is 0. The van der Waals surface area contributed by atoms with Crippen molar-refractivity contribution in [2.75, 3.05) is 6.61 Å². The Morgan fingerprint density at radius 3 is 2.86 bits per heavy atom. The molecule has 2 rings (SSSR count). The first-order valence-corrected chi connectivity index (χ1v) is 5.00. The predicted molar refractivity (Wildman–Crippen MR) is 59.5 cm³/mol. The minimum Gasteiger partial charge on any atom is -0.492 e. The molecule has 0 unspecified atom stereocenters. The highest BCUT2D eigenvalue weighted by Gasteiger charge is 2.18. The smallest absolute Gasteiger partial charge is 0.126 e. The molecule has 0 fully saturated rings. The number of aryl methyl sites for hydroxylation is 1. The first kappa shape index (κ1) is 9.32. The zero-order valence-corrected chi connectivity index (χ0v) is 9.00. The highest BCUT2D eigenvalue weighted by Crippen LogP contribution is 2.30. The molecule has 14 heavy (non-hydrogen) atoms. The summed E-state index contributed by atoms with van der Waals surface area (Å²) in [6.07, 6.45) is 4.38. The van der Waals surface area contributed by atoms with E-state index in [4.69, 9.17) is 4.74 Å². The van der Waals surface area contributed by atoms with E-state index in [2.05, 4.69) is 51.1 Å². The van der Waals surface area contributed by atoms with Crippen LogP contribution >= 0.6 is 0 Å². The Bertz CT molecular complexity index is 375. The Morgan fingerprint density at radius 2 is 2.07 bits per heavy atom. The molecule has 0 radical (unpaired) electrons. The van der Waals surface area contributed by atoms with Crippen molar-refractivity contribution in [3.63, 3.8) is 0 Å². The van der Waals surface area contributed by atoms with Gasteiger partial charge in [0.05, 0.1) is 6.61 Å². The predicted octanol–water partition coefficient (Wildman–Crippen LogP) is 3.43. The number of fused-ring (bicyclic) bond motifs is 1. The van der Waals surface area contributed by atoms with Crippen LogP contribution in [0.15, 0.2) is 24.3 Å². The van der Waals surface area contributed by atoms with Crippen LogP contribution in [0.3, 0.4) is 0 Å². The fraction of sp³-hybridized carbons (Fsp3) is 0.385. The van der Waals surface area contributed by atoms with Crippen LogP contribution in [0.4, 0.5) is 0 Å². The second-order valence-electron chi connectivity index (χ2n) is 4.65. The molecule has 74 valence electrons. The summed E-state index contributed by atoms with van der Waals surface area (Å²) in [5.74, 6) is 0.998. The maximum Gasteiger partial charge on any atom is 0.126 e. The van der Waals surface area contributed by atoms with Gasteiger partial charge in [0.1, 0.15) is 5.75 Å². The Labute approximate surface area is 85.4 Å². The van der Waals surface area contributed by atoms with Gasteiger partial charge in [-0.3, -0.25) is 0 Å². The lowest BCUT2D eigenvalue weighted by molar-refractivity contribution is 0.225. The Kier molecular flexibility index (Phi) is 2.10. The number of hydrogen-bond acceptors (Lipinski definition) is 1. The minimum absolute atomic E-state index is 0.132. The van der Waals surface area contributed by atoms with Crippen molar-refractivity contribution >= 4 is 6.08 Å². The van der Waals surface area contributed by atoms with Gasteiger partial charge in [-0.05, 0) is 19.1 Å². The van der Waals surface area contributed by atoms with Crippen molar-refractivity contribution < 1.29 is 4.74 Å². The van der Waals surface area contributed by atoms with Gasteiger partial charge >= 0.3 is 0 Å². The maximum atomic E-state index is 5.76. The van der Waals surface area contributed by atoms with Crippen molar-refractivity contribution in [1.82, 2.24) is 0 Å². The Hall–Kier alpha value is -1.24. The van der Waals surface area contributed by atoms with Crippen molar-refractivity contribution in [3.8, 4) is 5.75 Å². The molecule has 1 aromatic rings. The molecule has 0 aliphatic carbocycles. The lowest BCUT2D eigenvalue weighted by Gasteiger charge is -2.18. The third-order valence-electron chi connectivity index (χ3n) is 2.48. The van der Waals surface area contributed by atoms with E-state index in [-0.39, 0.29) is 5.41 Å². The molecule has 0 bridgehead atoms. The Balaban J connectivity index is 2.42. The van der Waals surface area contributed by atoms with Crippen molar-refractivity contribution in [3.05, 3.63) is 35.4 Å². The molecular weight excluding hydrogens is 172 g/mol. The van der Waals surface area contributed by atoms with Crippen LogP contribution in [-0.2, 0) is 0 Å². The first-order valence-electron chi connectivity index (χ1n) is 5.00. The molecule has 1 aromatic carbocycles. The monoisotopic (exact) mass is 188 g/mol. The first-order chi connectivity index (χ1) is 6.57. The van der Waals surface area contributed by atoms with E-state index in [9.17, 15) is 0 Å². The summed E-state index contributed by atoms with van der Waals surface area (Å²) in [5, 5.41) is 0. The SMILES string of the molecule is Cc1ccc2c(c1)C=CC(C)(C)CO2. The fourth-order valence-corrected chi connectivity index (χ4v) is 1.56. The Morgan fingerprint density at radius 1 is 1.29 bits per heavy atom. The highest BCUT2D eigenvalue weighted by molar-refractivity contribution is 5.59. The van der Waals surface area contributed by atoms with Crippen LogP contribution in [-0.4, -0.2) is 6.61 Å². The van der Waals surface area contributed by atoms with Gasteiger partial charge < -0.3 is 4.74 Å². The average Bonchev–Trinajstić information content (AvgIpc) is 2.26. The summed E-state index contributed by atoms with van der Waals surface area (Å²) < 4.78 is 5.76. The zero-order chi connectivity index (χ0) is 10.2. The van der Waals surface area contributed by atoms with Gasteiger partial charge in [-0.2, -0.15) is 0 Å². The van der Waals surface area contributed by atoms with Gasteiger partial charge in [-0.15, -0.1) is 0 Å². The summed E-state index contributed by atoms with van der Waals surface area (Å²) in [6, 6.07) is 6.30. The van der Waals surface area contributed by atoms with Gasteiger partial charge in [0, 0.05) is 11.0 Å². The van der Waals surface area contributed by atoms with Gasteiger partial charge in [-0.25, -0.2) is 0 Å². The fourth-order valence-electron chi connectivity index (χ4n) is 1.56. The van der Waals surface area contributed by atoms with E-state index in [1.165, 1.54) is 11.1 Å². The summed E-state index contributed by atoms with van der Waals surface area (Å²) in [6.45, 7) is 7.22. The topological polar surface area (TPSA) is 9.23 Å². The molecule has 0 spiro atoms. The van der Waals surface area contributed by atoms with Crippen LogP contribution in [0.25, 0.3) is 6.08 Å². The molecule has 0 saturated carbocycles. The summed E-state index contributed by atoms with van der Waals surface area (Å²) in [7, 11) is 0. The summed E-state index contributed by atoms with van der Waals surface area (Å²) in [5.41, 5.74) is 2.60. The highest BCUT2D eigenvalue weighted by atomic mass is 16.5. The van der Waals surface area contributed by atoms with Crippen LogP contribution in [0.2, 0.25) is 0 Å². The lowest BCUT2D eigenvalue weighted by atomic mass is 9.94. The molecule has 1 heteroatoms. The molecule has 1 aliphatic heterocycles. The number of rotatable bonds is 0. The molecule has 0 amide bonds. The number of benzene rings is 1. The third-order valence-corrected chi connectivity index (χ3v) is 2.48. The van der Waals surface area contributed by atoms with Crippen LogP contribution in [0, 0.1) is 12.3 Å². The molecule has 0 atom stereocenters. The zero-order valence-electron chi connectivity index (χ0n) is 9.00. The van der Waals surface area contributed by atoms with Crippen molar-refractivity contribution in [1.29, 1.82) is 0 Å². The van der Waals surface area contributed by atoms with Crippen LogP contribution in [0.1, 0.15) is 25.0 Å².